The van der Waals surface area contributed by atoms with Crippen LogP contribution in [-0.4, -0.2) is 30.1 Å². The van der Waals surface area contributed by atoms with Crippen molar-refractivity contribution in [2.45, 2.75) is 28.3 Å². The van der Waals surface area contributed by atoms with Gasteiger partial charge in [-0.3, -0.25) is 4.79 Å². The second kappa shape index (κ2) is 7.18. The fourth-order valence-corrected chi connectivity index (χ4v) is 6.29. The number of hydrogen-bond acceptors (Lipinski definition) is 4. The van der Waals surface area contributed by atoms with Crippen LogP contribution in [0.25, 0.3) is 10.6 Å². The van der Waals surface area contributed by atoms with Crippen molar-refractivity contribution < 1.29 is 36.2 Å². The molecule has 1 aliphatic rings. The Hall–Kier alpha value is -2.70. The molecular formula is C19H17F3N3O4S2+. The van der Waals surface area contributed by atoms with Gasteiger partial charge in [-0.15, -0.1) is 16.0 Å². The number of alkyl halides is 3. The minimum absolute atomic E-state index is 0.103. The Kier molecular flexibility index (Phi) is 4.98. The third kappa shape index (κ3) is 3.86. The first-order valence-corrected chi connectivity index (χ1v) is 11.3. The van der Waals surface area contributed by atoms with Crippen LogP contribution in [0.1, 0.15) is 23.6 Å². The Morgan fingerprint density at radius 1 is 1.26 bits per heavy atom. The van der Waals surface area contributed by atoms with E-state index in [1.54, 1.807) is 30.3 Å². The van der Waals surface area contributed by atoms with E-state index in [1.165, 1.54) is 19.2 Å². The molecule has 4 rings (SSSR count). The number of halogens is 3. The minimum atomic E-state index is -4.57. The molecule has 1 aliphatic carbocycles. The van der Waals surface area contributed by atoms with Gasteiger partial charge >= 0.3 is 12.1 Å². The number of sulfonamides is 1. The summed E-state index contributed by atoms with van der Waals surface area (Å²) in [6.45, 7) is 0. The van der Waals surface area contributed by atoms with Crippen LogP contribution in [-0.2, 0) is 28.0 Å². The zero-order chi connectivity index (χ0) is 22.6. The lowest BCUT2D eigenvalue weighted by atomic mass is 10.1. The first kappa shape index (κ1) is 21.5. The maximum absolute atomic E-state index is 12.9. The number of nitrogens with one attached hydrogen (secondary N) is 2. The van der Waals surface area contributed by atoms with Gasteiger partial charge in [-0.2, -0.15) is 23.0 Å². The molecule has 0 radical (unpaired) electrons. The number of hydrogen-bond donors (Lipinski definition) is 3. The summed E-state index contributed by atoms with van der Waals surface area (Å²) in [5.74, 6) is -1.80. The predicted octanol–water partition coefficient (Wildman–Crippen LogP) is 2.88. The number of carbonyl (C=O) groups is 1. The number of nitrogens with zero attached hydrogens (tertiary/aromatic N) is 1. The highest BCUT2D eigenvalue weighted by Crippen LogP contribution is 2.52. The molecule has 2 heterocycles. The number of aromatic nitrogens is 2. The molecule has 0 amide bonds. The summed E-state index contributed by atoms with van der Waals surface area (Å²) in [4.78, 5) is 12.2. The largest absolute Gasteiger partial charge is 0.480 e. The predicted molar refractivity (Wildman–Crippen MR) is 105 cm³/mol. The van der Waals surface area contributed by atoms with E-state index in [2.05, 4.69) is 9.82 Å². The Morgan fingerprint density at radius 3 is 2.52 bits per heavy atom. The minimum Gasteiger partial charge on any atom is -0.480 e. The van der Waals surface area contributed by atoms with Crippen molar-refractivity contribution in [3.8, 4) is 10.6 Å². The molecule has 3 N–H and O–H groups in total. The van der Waals surface area contributed by atoms with E-state index < -0.39 is 39.3 Å². The lowest BCUT2D eigenvalue weighted by Gasteiger charge is -2.14. The zero-order valence-electron chi connectivity index (χ0n) is 16.0. The van der Waals surface area contributed by atoms with Gasteiger partial charge in [0.2, 0.25) is 5.69 Å². The van der Waals surface area contributed by atoms with Crippen LogP contribution in [0.2, 0.25) is 0 Å². The standard InChI is InChI=1S/C19H16F3N3O4S2/c1-25-13(9-15(23-25)19(20,21)22)14-7-8-16(30-14)31(28,29)24-18(17(26)27)10-12(18)11-5-3-2-4-6-11/h2-9,12,24H,10H2,1H3,(H,26,27)/p+1. The van der Waals surface area contributed by atoms with Crippen molar-refractivity contribution >= 4 is 27.3 Å². The summed E-state index contributed by atoms with van der Waals surface area (Å²) in [5.41, 5.74) is -1.76. The summed E-state index contributed by atoms with van der Waals surface area (Å²) in [5, 5.41) is 11.9. The van der Waals surface area contributed by atoms with Crippen LogP contribution >= 0.6 is 11.3 Å². The molecule has 31 heavy (non-hydrogen) atoms. The maximum Gasteiger partial charge on any atom is 0.436 e. The number of carboxylic acids is 1. The lowest BCUT2D eigenvalue weighted by Crippen LogP contribution is -2.44. The van der Waals surface area contributed by atoms with Gasteiger partial charge in [0.1, 0.15) is 14.6 Å². The molecule has 2 aromatic heterocycles. The molecule has 2 unspecified atom stereocenters. The van der Waals surface area contributed by atoms with Crippen LogP contribution < -0.4 is 9.40 Å². The monoisotopic (exact) mass is 472 g/mol. The van der Waals surface area contributed by atoms with E-state index in [4.69, 9.17) is 0 Å². The Balaban J connectivity index is 1.62. The molecule has 3 aromatic rings. The summed E-state index contributed by atoms with van der Waals surface area (Å²) in [7, 11) is -2.84. The Labute approximate surface area is 179 Å². The molecule has 2 atom stereocenters. The fourth-order valence-electron chi connectivity index (χ4n) is 3.52. The van der Waals surface area contributed by atoms with Crippen LogP contribution in [0.15, 0.2) is 52.7 Å². The van der Waals surface area contributed by atoms with Gasteiger partial charge in [0.05, 0.1) is 0 Å². The second-order valence-electron chi connectivity index (χ2n) is 7.28. The second-order valence-corrected chi connectivity index (χ2v) is 10.3. The Bertz CT molecular complexity index is 1250. The molecular weight excluding hydrogens is 455 g/mol. The van der Waals surface area contributed by atoms with Gasteiger partial charge < -0.3 is 5.11 Å². The number of aryl methyl sites for hydroxylation is 1. The average molecular weight is 472 g/mol. The molecule has 0 spiro atoms. The molecule has 1 saturated carbocycles. The van der Waals surface area contributed by atoms with E-state index in [-0.39, 0.29) is 21.2 Å². The molecule has 1 aromatic carbocycles. The Morgan fingerprint density at radius 2 is 1.94 bits per heavy atom. The topological polar surface area (TPSA) is 103 Å². The maximum atomic E-state index is 12.9. The van der Waals surface area contributed by atoms with Crippen molar-refractivity contribution in [3.63, 3.8) is 0 Å². The molecule has 12 heteroatoms. The quantitative estimate of drug-likeness (QED) is 0.480. The van der Waals surface area contributed by atoms with E-state index >= 15 is 0 Å². The van der Waals surface area contributed by atoms with Gasteiger partial charge in [-0.05, 0) is 24.1 Å². The number of aromatic amines is 1. The summed E-state index contributed by atoms with van der Waals surface area (Å²) in [6.07, 6.45) is -4.47. The van der Waals surface area contributed by atoms with E-state index in [0.717, 1.165) is 22.1 Å². The van der Waals surface area contributed by atoms with Gasteiger partial charge in [0, 0.05) is 12.0 Å². The first-order valence-electron chi connectivity index (χ1n) is 9.03. The van der Waals surface area contributed by atoms with Crippen molar-refractivity contribution in [1.82, 2.24) is 9.82 Å². The van der Waals surface area contributed by atoms with Gasteiger partial charge in [0.25, 0.3) is 10.0 Å². The van der Waals surface area contributed by atoms with Crippen molar-refractivity contribution in [1.29, 1.82) is 0 Å². The molecule has 164 valence electrons. The van der Waals surface area contributed by atoms with E-state index in [1.807, 2.05) is 0 Å². The SMILES string of the molecule is C[n+]1[nH]c(C(F)(F)F)cc1-c1ccc(S(=O)(=O)NC2(C(=O)O)CC2c2ccccc2)s1. The number of H-pyrrole nitrogens is 1. The highest BCUT2D eigenvalue weighted by Gasteiger charge is 2.63. The fraction of sp³-hybridized carbons (Fsp3) is 0.263. The molecule has 7 nitrogen and oxygen atoms in total. The highest BCUT2D eigenvalue weighted by atomic mass is 32.2. The summed E-state index contributed by atoms with van der Waals surface area (Å²) >= 11 is 0.757. The van der Waals surface area contributed by atoms with Crippen LogP contribution in [0.3, 0.4) is 0 Å². The summed E-state index contributed by atoms with van der Waals surface area (Å²) < 4.78 is 67.9. The van der Waals surface area contributed by atoms with Crippen LogP contribution in [0, 0.1) is 0 Å². The highest BCUT2D eigenvalue weighted by molar-refractivity contribution is 7.91. The molecule has 1 fully saturated rings. The van der Waals surface area contributed by atoms with Crippen molar-refractivity contribution in [2.75, 3.05) is 0 Å². The lowest BCUT2D eigenvalue weighted by molar-refractivity contribution is -0.717. The van der Waals surface area contributed by atoms with Crippen LogP contribution in [0.5, 0.6) is 0 Å². The van der Waals surface area contributed by atoms with Gasteiger partial charge in [0.15, 0.2) is 12.7 Å². The third-order valence-corrected chi connectivity index (χ3v) is 8.30. The van der Waals surface area contributed by atoms with E-state index in [9.17, 15) is 31.5 Å². The van der Waals surface area contributed by atoms with Crippen LogP contribution in [0.4, 0.5) is 13.2 Å². The van der Waals surface area contributed by atoms with Crippen molar-refractivity contribution in [3.05, 3.63) is 59.8 Å². The number of carboxylic acid groups (broad SMARTS) is 1. The number of thiophene rings is 1. The van der Waals surface area contributed by atoms with E-state index in [0.29, 0.717) is 5.56 Å². The normalized spacial score (nSPS) is 21.2. The first-order chi connectivity index (χ1) is 14.4. The molecule has 0 saturated heterocycles. The number of rotatable bonds is 6. The molecule has 0 bridgehead atoms. The smallest absolute Gasteiger partial charge is 0.436 e. The van der Waals surface area contributed by atoms with Gasteiger partial charge in [-0.1, -0.05) is 30.3 Å². The average Bonchev–Trinajstić information content (AvgIpc) is 3.02. The third-order valence-electron chi connectivity index (χ3n) is 5.20. The summed E-state index contributed by atoms with van der Waals surface area (Å²) in [6, 6.07) is 12.3. The molecule has 0 aliphatic heterocycles. The zero-order valence-corrected chi connectivity index (χ0v) is 17.6. The van der Waals surface area contributed by atoms with Gasteiger partial charge in [-0.25, -0.2) is 8.42 Å². The van der Waals surface area contributed by atoms with Crippen molar-refractivity contribution in [2.24, 2.45) is 7.05 Å². The number of benzene rings is 1. The number of aliphatic carboxylic acids is 1.